The molecular formula is C45H53ClN8O14. The summed E-state index contributed by atoms with van der Waals surface area (Å²) < 4.78 is 10.9. The van der Waals surface area contributed by atoms with Crippen LogP contribution in [-0.4, -0.2) is 97.9 Å². The molecule has 0 bridgehead atoms. The van der Waals surface area contributed by atoms with E-state index in [1.165, 1.54) is 42.0 Å². The van der Waals surface area contributed by atoms with Crippen LogP contribution >= 0.6 is 11.6 Å². The number of nitro benzene ring substituents is 3. The van der Waals surface area contributed by atoms with E-state index in [9.17, 15) is 54.9 Å². The fourth-order valence-electron chi connectivity index (χ4n) is 8.64. The average Bonchev–Trinajstić information content (AvgIpc) is 4.02. The van der Waals surface area contributed by atoms with E-state index in [1.807, 2.05) is 18.2 Å². The van der Waals surface area contributed by atoms with E-state index in [2.05, 4.69) is 16.0 Å². The fourth-order valence-corrected chi connectivity index (χ4v) is 8.71. The SMILES string of the molecule is C.CCO.N[C@@H]1c2cc([N+](=O)[O-])ccc2C[C@@H]1O.Nc1ccc2c(c1)[C@H]1NC(=O)COC1C2.O=C(CCl)N[C@@H]1c2cc([N+](=O)[O-])ccc2CC1O.O=C1COC2Cc3ccc([N+](=O)[O-])cc3[C@H]2N1. The minimum Gasteiger partial charge on any atom is -0.399 e. The van der Waals surface area contributed by atoms with E-state index in [-0.39, 0.29) is 86.3 Å². The molecule has 0 saturated carbocycles. The van der Waals surface area contributed by atoms with Crippen LogP contribution in [0.5, 0.6) is 0 Å². The standard InChI is InChI=1S/C11H11ClN2O4.C11H10N2O4.C11H12N2O2.C9H10N2O3.C2H6O.CH4/c12-5-10(16)13-11-8-4-7(14(17)18)2-1-6(8)3-9(11)15;14-10-5-17-9-3-6-1-2-7(13(15)16)4-8(6)11(9)12-10;12-7-2-1-6-3-9-11(8(6)4-7)13-10(14)5-15-9;10-9-7-4-6(11(13)14)2-1-5(7)3-8(9)12;1-2-3;/h1-2,4,9,11,15H,3,5H2,(H,13,16);1-2,4,9,11H,3,5H2,(H,12,14);1-2,4,9,11H,3,5,12H2,(H,13,14);1-2,4,8-9,12H,3,10H2;3H,2H2,1H3;1H4/t3*9?,11-;8-,9+;;/m1110../s1. The van der Waals surface area contributed by atoms with Gasteiger partial charge < -0.3 is 52.2 Å². The Morgan fingerprint density at radius 1 is 0.706 bits per heavy atom. The Balaban J connectivity index is 0.000000166. The summed E-state index contributed by atoms with van der Waals surface area (Å²) in [7, 11) is 0. The molecular weight excluding hydrogens is 912 g/mol. The monoisotopic (exact) mass is 964 g/mol. The van der Waals surface area contributed by atoms with Crippen LogP contribution in [0.3, 0.4) is 0 Å². The second-order valence-corrected chi connectivity index (χ2v) is 16.4. The van der Waals surface area contributed by atoms with Gasteiger partial charge in [-0.1, -0.05) is 31.7 Å². The van der Waals surface area contributed by atoms with Crippen molar-refractivity contribution in [3.05, 3.63) is 148 Å². The van der Waals surface area contributed by atoms with Crippen molar-refractivity contribution in [2.45, 2.75) is 88.6 Å². The maximum absolute atomic E-state index is 11.3. The number of aliphatic hydroxyl groups is 3. The second-order valence-electron chi connectivity index (χ2n) is 16.1. The molecule has 6 aliphatic rings. The van der Waals surface area contributed by atoms with Crippen molar-refractivity contribution >= 4 is 52.1 Å². The lowest BCUT2D eigenvalue weighted by Gasteiger charge is -2.27. The van der Waals surface area contributed by atoms with Gasteiger partial charge in [0, 0.05) is 74.4 Å². The van der Waals surface area contributed by atoms with Crippen molar-refractivity contribution in [2.24, 2.45) is 5.73 Å². The van der Waals surface area contributed by atoms with Crippen molar-refractivity contribution in [2.75, 3.05) is 31.4 Å². The number of carbonyl (C=O) groups is 3. The molecule has 0 radical (unpaired) electrons. The van der Waals surface area contributed by atoms with Crippen LogP contribution in [0, 0.1) is 30.3 Å². The molecule has 4 aromatic rings. The highest BCUT2D eigenvalue weighted by Gasteiger charge is 2.40. The van der Waals surface area contributed by atoms with Crippen molar-refractivity contribution < 1.29 is 53.9 Å². The zero-order valence-corrected chi connectivity index (χ0v) is 36.7. The van der Waals surface area contributed by atoms with Crippen LogP contribution in [0.15, 0.2) is 72.8 Å². The molecule has 2 heterocycles. The number of carbonyl (C=O) groups excluding carboxylic acids is 3. The summed E-state index contributed by atoms with van der Waals surface area (Å²) in [6.07, 6.45) is 0.985. The number of nitrogens with zero attached hydrogens (tertiary/aromatic N) is 3. The Morgan fingerprint density at radius 2 is 1.10 bits per heavy atom. The van der Waals surface area contributed by atoms with Gasteiger partial charge in [0.15, 0.2) is 0 Å². The minimum absolute atomic E-state index is 0. The number of anilines is 1. The van der Waals surface area contributed by atoms with Gasteiger partial charge in [0.05, 0.1) is 63.4 Å². The third-order valence-electron chi connectivity index (χ3n) is 11.7. The van der Waals surface area contributed by atoms with E-state index < -0.39 is 45.0 Å². The first-order valence-corrected chi connectivity index (χ1v) is 21.6. The number of nitrogens with two attached hydrogens (primary N) is 2. The normalized spacial score (nSPS) is 23.7. The van der Waals surface area contributed by atoms with Crippen molar-refractivity contribution in [1.29, 1.82) is 0 Å². The van der Waals surface area contributed by atoms with Crippen LogP contribution in [0.25, 0.3) is 0 Å². The Morgan fingerprint density at radius 3 is 1.57 bits per heavy atom. The molecule has 23 heteroatoms. The van der Waals surface area contributed by atoms with Crippen LogP contribution in [0.2, 0.25) is 0 Å². The van der Waals surface area contributed by atoms with Gasteiger partial charge in [-0.15, -0.1) is 11.6 Å². The summed E-state index contributed by atoms with van der Waals surface area (Å²) in [6.45, 7) is 2.17. The van der Waals surface area contributed by atoms with Gasteiger partial charge in [-0.05, 0) is 63.6 Å². The molecule has 10 rings (SSSR count). The summed E-state index contributed by atoms with van der Waals surface area (Å²) in [5.74, 6) is -0.856. The number of rotatable bonds is 5. The zero-order valence-electron chi connectivity index (χ0n) is 35.9. The molecule has 3 amide bonds. The smallest absolute Gasteiger partial charge is 0.269 e. The molecule has 2 aliphatic heterocycles. The highest BCUT2D eigenvalue weighted by molar-refractivity contribution is 6.27. The Labute approximate surface area is 394 Å². The van der Waals surface area contributed by atoms with Crippen molar-refractivity contribution in [3.63, 3.8) is 0 Å². The molecule has 0 aromatic heterocycles. The summed E-state index contributed by atoms with van der Waals surface area (Å²) >= 11 is 5.39. The number of nitro groups is 3. The molecule has 2 fully saturated rings. The number of benzene rings is 4. The number of non-ortho nitro benzene ring substituents is 3. The number of amides is 3. The molecule has 8 atom stereocenters. The van der Waals surface area contributed by atoms with Crippen molar-refractivity contribution in [1.82, 2.24) is 16.0 Å². The predicted octanol–water partition coefficient (Wildman–Crippen LogP) is 3.14. The molecule has 22 nitrogen and oxygen atoms in total. The topological polar surface area (TPSA) is 348 Å². The largest absolute Gasteiger partial charge is 0.399 e. The number of hydrogen-bond donors (Lipinski definition) is 8. The highest BCUT2D eigenvalue weighted by Crippen LogP contribution is 2.39. The lowest BCUT2D eigenvalue weighted by atomic mass is 10.1. The van der Waals surface area contributed by atoms with E-state index in [4.69, 9.17) is 37.6 Å². The first-order chi connectivity index (χ1) is 31.9. The van der Waals surface area contributed by atoms with Gasteiger partial charge in [0.1, 0.15) is 19.1 Å². The van der Waals surface area contributed by atoms with Gasteiger partial charge in [0.2, 0.25) is 17.7 Å². The molecule has 364 valence electrons. The van der Waals surface area contributed by atoms with Crippen molar-refractivity contribution in [3.8, 4) is 0 Å². The van der Waals surface area contributed by atoms with Gasteiger partial charge in [0.25, 0.3) is 17.1 Å². The fraction of sp³-hybridized carbons (Fsp3) is 0.400. The van der Waals surface area contributed by atoms with Crippen LogP contribution in [0.4, 0.5) is 22.7 Å². The summed E-state index contributed by atoms with van der Waals surface area (Å²) in [5.41, 5.74) is 19.3. The molecule has 0 spiro atoms. The van der Waals surface area contributed by atoms with E-state index in [1.54, 1.807) is 25.1 Å². The number of nitrogen functional groups attached to an aromatic ring is 1. The zero-order chi connectivity index (χ0) is 48.7. The van der Waals surface area contributed by atoms with Gasteiger partial charge in [-0.25, -0.2) is 0 Å². The van der Waals surface area contributed by atoms with Crippen LogP contribution < -0.4 is 27.4 Å². The predicted molar refractivity (Wildman–Crippen MR) is 246 cm³/mol. The average molecular weight is 965 g/mol. The molecule has 10 N–H and O–H groups in total. The van der Waals surface area contributed by atoms with Crippen LogP contribution in [-0.2, 0) is 49.5 Å². The summed E-state index contributed by atoms with van der Waals surface area (Å²) in [6, 6.07) is 18.1. The second kappa shape index (κ2) is 22.9. The number of morpholine rings is 2. The lowest BCUT2D eigenvalue weighted by molar-refractivity contribution is -0.385. The van der Waals surface area contributed by atoms with E-state index in [0.29, 0.717) is 30.4 Å². The highest BCUT2D eigenvalue weighted by atomic mass is 35.5. The van der Waals surface area contributed by atoms with E-state index in [0.717, 1.165) is 39.9 Å². The molecule has 68 heavy (non-hydrogen) atoms. The molecule has 3 unspecified atom stereocenters. The van der Waals surface area contributed by atoms with E-state index >= 15 is 0 Å². The first kappa shape index (κ1) is 52.3. The number of nitrogens with one attached hydrogen (secondary N) is 3. The summed E-state index contributed by atoms with van der Waals surface area (Å²) in [4.78, 5) is 64.3. The Hall–Kier alpha value is -6.66. The minimum atomic E-state index is -0.783. The number of alkyl halides is 1. The van der Waals surface area contributed by atoms with Crippen LogP contribution in [0.1, 0.15) is 83.0 Å². The maximum Gasteiger partial charge on any atom is 0.269 e. The molecule has 4 aliphatic carbocycles. The van der Waals surface area contributed by atoms with Gasteiger partial charge in [-0.2, -0.15) is 0 Å². The number of ether oxygens (including phenoxy) is 2. The number of halogens is 1. The number of hydrogen-bond acceptors (Lipinski definition) is 16. The lowest BCUT2D eigenvalue weighted by Crippen LogP contribution is -2.43. The first-order valence-electron chi connectivity index (χ1n) is 21.0. The third-order valence-corrected chi connectivity index (χ3v) is 12.0. The molecule has 4 aromatic carbocycles. The quantitative estimate of drug-likeness (QED) is 0.0616. The number of fused-ring (bicyclic) bond motifs is 8. The Bertz CT molecular complexity index is 2550. The molecule has 2 saturated heterocycles. The van der Waals surface area contributed by atoms with Gasteiger partial charge in [-0.3, -0.25) is 44.7 Å². The maximum atomic E-state index is 11.3. The van der Waals surface area contributed by atoms with Gasteiger partial charge >= 0.3 is 0 Å². The third kappa shape index (κ3) is 12.1. The summed E-state index contributed by atoms with van der Waals surface area (Å²) in [5, 5.41) is 67.1. The number of aliphatic hydroxyl groups excluding tert-OH is 3. The Kier molecular flexibility index (Phi) is 17.6.